The molecule has 24 heavy (non-hydrogen) atoms. The number of carbonyl (C=O) groups excluding carboxylic acids is 1. The Morgan fingerprint density at radius 2 is 1.75 bits per heavy atom. The van der Waals surface area contributed by atoms with Crippen LogP contribution < -0.4 is 10.1 Å². The van der Waals surface area contributed by atoms with Gasteiger partial charge in [-0.15, -0.1) is 0 Å². The Hall–Kier alpha value is -1.52. The molecule has 0 bridgehead atoms. The maximum absolute atomic E-state index is 12.0. The number of hydrogen-bond acceptors (Lipinski definition) is 2. The summed E-state index contributed by atoms with van der Waals surface area (Å²) >= 11 is 9.25. The smallest absolute Gasteiger partial charge is 0.257 e. The van der Waals surface area contributed by atoms with Gasteiger partial charge in [0.1, 0.15) is 5.75 Å². The Morgan fingerprint density at radius 1 is 1.12 bits per heavy atom. The van der Waals surface area contributed by atoms with Crippen LogP contribution in [-0.2, 0) is 11.2 Å². The average Bonchev–Trinajstić information content (AvgIpc) is 2.54. The Kier molecular flexibility index (Phi) is 6.69. The zero-order valence-corrected chi connectivity index (χ0v) is 16.2. The molecule has 0 spiro atoms. The van der Waals surface area contributed by atoms with Crippen LogP contribution in [0.3, 0.4) is 0 Å². The molecule has 128 valence electrons. The second-order valence-electron chi connectivity index (χ2n) is 6.49. The molecule has 0 saturated carbocycles. The van der Waals surface area contributed by atoms with E-state index < -0.39 is 0 Å². The molecule has 0 aliphatic heterocycles. The maximum Gasteiger partial charge on any atom is 0.257 e. The van der Waals surface area contributed by atoms with Crippen molar-refractivity contribution in [1.29, 1.82) is 0 Å². The van der Waals surface area contributed by atoms with Crippen LogP contribution in [0.1, 0.15) is 19.4 Å². The van der Waals surface area contributed by atoms with Gasteiger partial charge in [0, 0.05) is 16.0 Å². The molecule has 0 aliphatic carbocycles. The van der Waals surface area contributed by atoms with E-state index in [-0.39, 0.29) is 17.9 Å². The van der Waals surface area contributed by atoms with E-state index in [1.165, 1.54) is 5.56 Å². The molecular formula is C19H21BrClNO2. The lowest BCUT2D eigenvalue weighted by molar-refractivity contribution is -0.123. The van der Waals surface area contributed by atoms with Gasteiger partial charge in [-0.3, -0.25) is 4.79 Å². The van der Waals surface area contributed by atoms with Crippen molar-refractivity contribution in [3.63, 3.8) is 0 Å². The van der Waals surface area contributed by atoms with Crippen LogP contribution in [0.25, 0.3) is 0 Å². The van der Waals surface area contributed by atoms with E-state index in [4.69, 9.17) is 16.3 Å². The largest absolute Gasteiger partial charge is 0.484 e. The van der Waals surface area contributed by atoms with Gasteiger partial charge < -0.3 is 10.1 Å². The highest BCUT2D eigenvalue weighted by atomic mass is 79.9. The highest BCUT2D eigenvalue weighted by Gasteiger charge is 2.19. The van der Waals surface area contributed by atoms with E-state index in [2.05, 4.69) is 47.2 Å². The third-order valence-corrected chi connectivity index (χ3v) is 4.32. The first kappa shape index (κ1) is 18.8. The molecule has 3 nitrogen and oxygen atoms in total. The van der Waals surface area contributed by atoms with Crippen molar-refractivity contribution in [2.24, 2.45) is 5.41 Å². The minimum absolute atomic E-state index is 0.00397. The van der Waals surface area contributed by atoms with Gasteiger partial charge in [0.05, 0.1) is 0 Å². The van der Waals surface area contributed by atoms with Crippen LogP contribution in [0.2, 0.25) is 5.02 Å². The molecule has 0 fully saturated rings. The molecule has 0 unspecified atom stereocenters. The standard InChI is InChI=1S/C19H21BrClNO2/c1-19(2,11-14-3-5-15(20)6-4-14)13-22-18(23)12-24-17-9-7-16(21)8-10-17/h3-10H,11-13H2,1-2H3,(H,22,23). The van der Waals surface area contributed by atoms with Gasteiger partial charge in [-0.1, -0.05) is 53.5 Å². The van der Waals surface area contributed by atoms with Gasteiger partial charge in [0.15, 0.2) is 6.61 Å². The minimum atomic E-state index is -0.131. The molecule has 0 aliphatic rings. The first-order valence-electron chi connectivity index (χ1n) is 7.74. The van der Waals surface area contributed by atoms with Crippen molar-refractivity contribution >= 4 is 33.4 Å². The monoisotopic (exact) mass is 409 g/mol. The quantitative estimate of drug-likeness (QED) is 0.707. The number of benzene rings is 2. The highest BCUT2D eigenvalue weighted by molar-refractivity contribution is 9.10. The number of nitrogens with one attached hydrogen (secondary N) is 1. The van der Waals surface area contributed by atoms with E-state index in [1.54, 1.807) is 24.3 Å². The van der Waals surface area contributed by atoms with Gasteiger partial charge in [-0.05, 0) is 53.8 Å². The Labute approximate surface area is 156 Å². The topological polar surface area (TPSA) is 38.3 Å². The summed E-state index contributed by atoms with van der Waals surface area (Å²) in [6.07, 6.45) is 0.888. The molecule has 0 heterocycles. The summed E-state index contributed by atoms with van der Waals surface area (Å²) in [4.78, 5) is 12.0. The predicted octanol–water partition coefficient (Wildman–Crippen LogP) is 4.87. The fraction of sp³-hybridized carbons (Fsp3) is 0.316. The molecule has 1 N–H and O–H groups in total. The summed E-state index contributed by atoms with van der Waals surface area (Å²) in [5.74, 6) is 0.498. The zero-order valence-electron chi connectivity index (χ0n) is 13.8. The van der Waals surface area contributed by atoms with Crippen molar-refractivity contribution in [3.8, 4) is 5.75 Å². The number of rotatable bonds is 7. The fourth-order valence-electron chi connectivity index (χ4n) is 2.29. The molecule has 0 saturated heterocycles. The predicted molar refractivity (Wildman–Crippen MR) is 102 cm³/mol. The van der Waals surface area contributed by atoms with Crippen LogP contribution >= 0.6 is 27.5 Å². The van der Waals surface area contributed by atoms with Crippen LogP contribution in [-0.4, -0.2) is 19.1 Å². The maximum atomic E-state index is 12.0. The zero-order chi connectivity index (χ0) is 17.6. The van der Waals surface area contributed by atoms with Crippen LogP contribution in [0.15, 0.2) is 53.0 Å². The molecule has 0 radical (unpaired) electrons. The van der Waals surface area contributed by atoms with Crippen LogP contribution in [0.4, 0.5) is 0 Å². The van der Waals surface area contributed by atoms with Gasteiger partial charge in [-0.2, -0.15) is 0 Å². The second kappa shape index (κ2) is 8.54. The average molecular weight is 411 g/mol. The van der Waals surface area contributed by atoms with E-state index in [1.807, 2.05) is 12.1 Å². The third-order valence-electron chi connectivity index (χ3n) is 3.54. The van der Waals surface area contributed by atoms with E-state index in [9.17, 15) is 4.79 Å². The molecule has 1 amide bonds. The van der Waals surface area contributed by atoms with Crippen molar-refractivity contribution < 1.29 is 9.53 Å². The Bertz CT molecular complexity index is 669. The summed E-state index contributed by atoms with van der Waals surface area (Å²) in [5, 5.41) is 3.58. The lowest BCUT2D eigenvalue weighted by Crippen LogP contribution is -2.37. The van der Waals surface area contributed by atoms with Gasteiger partial charge in [0.25, 0.3) is 5.91 Å². The van der Waals surface area contributed by atoms with Crippen LogP contribution in [0, 0.1) is 5.41 Å². The fourth-order valence-corrected chi connectivity index (χ4v) is 2.68. The molecule has 0 aromatic heterocycles. The lowest BCUT2D eigenvalue weighted by Gasteiger charge is -2.25. The van der Waals surface area contributed by atoms with Crippen molar-refractivity contribution in [3.05, 3.63) is 63.6 Å². The van der Waals surface area contributed by atoms with E-state index >= 15 is 0 Å². The second-order valence-corrected chi connectivity index (χ2v) is 7.84. The number of ether oxygens (including phenoxy) is 1. The van der Waals surface area contributed by atoms with Crippen molar-refractivity contribution in [2.45, 2.75) is 20.3 Å². The SMILES string of the molecule is CC(C)(CNC(=O)COc1ccc(Cl)cc1)Cc1ccc(Br)cc1. The molecule has 2 aromatic carbocycles. The summed E-state index contributed by atoms with van der Waals surface area (Å²) in [5.41, 5.74) is 1.21. The number of amides is 1. The first-order chi connectivity index (χ1) is 11.3. The molecule has 5 heteroatoms. The summed E-state index contributed by atoms with van der Waals surface area (Å²) in [6.45, 7) is 4.85. The third kappa shape index (κ3) is 6.54. The molecule has 2 rings (SSSR count). The van der Waals surface area contributed by atoms with Crippen molar-refractivity contribution in [2.75, 3.05) is 13.2 Å². The Balaban J connectivity index is 1.77. The van der Waals surface area contributed by atoms with Gasteiger partial charge >= 0.3 is 0 Å². The van der Waals surface area contributed by atoms with Gasteiger partial charge in [-0.25, -0.2) is 0 Å². The molecule has 0 atom stereocenters. The minimum Gasteiger partial charge on any atom is -0.484 e. The Morgan fingerprint density at radius 3 is 2.38 bits per heavy atom. The lowest BCUT2D eigenvalue weighted by atomic mass is 9.85. The van der Waals surface area contributed by atoms with E-state index in [0.29, 0.717) is 17.3 Å². The summed E-state index contributed by atoms with van der Waals surface area (Å²) in [7, 11) is 0. The normalized spacial score (nSPS) is 11.2. The summed E-state index contributed by atoms with van der Waals surface area (Å²) in [6, 6.07) is 15.2. The molecule has 2 aromatic rings. The molecular weight excluding hydrogens is 390 g/mol. The summed E-state index contributed by atoms with van der Waals surface area (Å²) < 4.78 is 6.51. The van der Waals surface area contributed by atoms with E-state index in [0.717, 1.165) is 10.9 Å². The van der Waals surface area contributed by atoms with Gasteiger partial charge in [0.2, 0.25) is 0 Å². The first-order valence-corrected chi connectivity index (χ1v) is 8.91. The highest BCUT2D eigenvalue weighted by Crippen LogP contribution is 2.22. The number of hydrogen-bond donors (Lipinski definition) is 1. The number of halogens is 2. The number of carbonyl (C=O) groups is 1. The van der Waals surface area contributed by atoms with Crippen LogP contribution in [0.5, 0.6) is 5.75 Å². The van der Waals surface area contributed by atoms with Crippen molar-refractivity contribution in [1.82, 2.24) is 5.32 Å².